The van der Waals surface area contributed by atoms with Gasteiger partial charge in [-0.15, -0.1) is 0 Å². The molecule has 0 fully saturated rings. The smallest absolute Gasteiger partial charge is 0.137 e. The van der Waals surface area contributed by atoms with Gasteiger partial charge in [-0.25, -0.2) is 4.39 Å². The first-order valence-corrected chi connectivity index (χ1v) is 7.14. The van der Waals surface area contributed by atoms with Gasteiger partial charge in [0.05, 0.1) is 11.7 Å². The lowest BCUT2D eigenvalue weighted by molar-refractivity contribution is 0.210. The Balaban J connectivity index is 2.45. The van der Waals surface area contributed by atoms with E-state index in [1.165, 1.54) is 0 Å². The summed E-state index contributed by atoms with van der Waals surface area (Å²) in [5.74, 6) is 0.428. The minimum atomic E-state index is -0.197. The van der Waals surface area contributed by atoms with E-state index in [1.807, 2.05) is 43.3 Å². The molecule has 0 saturated heterocycles. The highest BCUT2D eigenvalue weighted by Crippen LogP contribution is 2.35. The molecule has 2 rings (SSSR count). The molecule has 0 bridgehead atoms. The lowest BCUT2D eigenvalue weighted by Gasteiger charge is -2.18. The standard InChI is InChI=1S/C18H21FO/c1-4-8-14(3)20-16-12-11-13(2)18(19)17(16)15-9-6-5-7-10-15/h5-7,9-12,14H,4,8H2,1-3H3/t14-/m0/s1. The van der Waals surface area contributed by atoms with Crippen molar-refractivity contribution in [2.75, 3.05) is 0 Å². The third kappa shape index (κ3) is 3.19. The van der Waals surface area contributed by atoms with E-state index in [0.717, 1.165) is 18.4 Å². The number of hydrogen-bond acceptors (Lipinski definition) is 1. The van der Waals surface area contributed by atoms with Gasteiger partial charge in [0.15, 0.2) is 0 Å². The van der Waals surface area contributed by atoms with Crippen LogP contribution in [0.5, 0.6) is 5.75 Å². The van der Waals surface area contributed by atoms with Gasteiger partial charge in [-0.1, -0.05) is 49.7 Å². The largest absolute Gasteiger partial charge is 0.490 e. The van der Waals surface area contributed by atoms with Crippen LogP contribution < -0.4 is 4.74 Å². The predicted molar refractivity (Wildman–Crippen MR) is 81.6 cm³/mol. The van der Waals surface area contributed by atoms with Gasteiger partial charge in [-0.2, -0.15) is 0 Å². The molecule has 106 valence electrons. The highest BCUT2D eigenvalue weighted by atomic mass is 19.1. The zero-order valence-corrected chi connectivity index (χ0v) is 12.3. The number of aryl methyl sites for hydroxylation is 1. The molecule has 0 radical (unpaired) electrons. The van der Waals surface area contributed by atoms with Crippen molar-refractivity contribution in [2.24, 2.45) is 0 Å². The van der Waals surface area contributed by atoms with Crippen LogP contribution >= 0.6 is 0 Å². The summed E-state index contributed by atoms with van der Waals surface area (Å²) in [4.78, 5) is 0. The molecule has 2 heteroatoms. The third-order valence-electron chi connectivity index (χ3n) is 3.38. The molecule has 0 amide bonds. The van der Waals surface area contributed by atoms with E-state index < -0.39 is 0 Å². The van der Waals surface area contributed by atoms with E-state index in [1.54, 1.807) is 13.0 Å². The SMILES string of the molecule is CCC[C@H](C)Oc1ccc(C)c(F)c1-c1ccccc1. The van der Waals surface area contributed by atoms with E-state index in [4.69, 9.17) is 4.74 Å². The van der Waals surface area contributed by atoms with E-state index in [2.05, 4.69) is 6.92 Å². The summed E-state index contributed by atoms with van der Waals surface area (Å²) in [6.07, 6.45) is 2.10. The summed E-state index contributed by atoms with van der Waals surface area (Å²) >= 11 is 0. The average molecular weight is 272 g/mol. The van der Waals surface area contributed by atoms with E-state index in [9.17, 15) is 4.39 Å². The van der Waals surface area contributed by atoms with Gasteiger partial charge in [0, 0.05) is 0 Å². The second-order valence-electron chi connectivity index (χ2n) is 5.15. The van der Waals surface area contributed by atoms with Crippen LogP contribution in [0.25, 0.3) is 11.1 Å². The molecule has 20 heavy (non-hydrogen) atoms. The summed E-state index contributed by atoms with van der Waals surface area (Å²) in [6, 6.07) is 13.2. The van der Waals surface area contributed by atoms with E-state index in [-0.39, 0.29) is 11.9 Å². The van der Waals surface area contributed by atoms with Gasteiger partial charge in [0.1, 0.15) is 11.6 Å². The fourth-order valence-electron chi connectivity index (χ4n) is 2.32. The molecule has 0 heterocycles. The van der Waals surface area contributed by atoms with Crippen molar-refractivity contribution in [1.29, 1.82) is 0 Å². The lowest BCUT2D eigenvalue weighted by Crippen LogP contribution is -2.12. The Bertz CT molecular complexity index is 563. The van der Waals surface area contributed by atoms with Crippen molar-refractivity contribution in [3.05, 3.63) is 53.8 Å². The van der Waals surface area contributed by atoms with Crippen molar-refractivity contribution < 1.29 is 9.13 Å². The third-order valence-corrected chi connectivity index (χ3v) is 3.38. The second kappa shape index (κ2) is 6.56. The molecule has 1 nitrogen and oxygen atoms in total. The van der Waals surface area contributed by atoms with Gasteiger partial charge in [0.2, 0.25) is 0 Å². The molecule has 0 aliphatic rings. The van der Waals surface area contributed by atoms with Crippen LogP contribution in [0.3, 0.4) is 0 Å². The fraction of sp³-hybridized carbons (Fsp3) is 0.333. The summed E-state index contributed by atoms with van der Waals surface area (Å²) in [7, 11) is 0. The Morgan fingerprint density at radius 2 is 1.80 bits per heavy atom. The molecule has 0 N–H and O–H groups in total. The van der Waals surface area contributed by atoms with Crippen LogP contribution in [0.1, 0.15) is 32.3 Å². The molecule has 2 aromatic rings. The summed E-state index contributed by atoms with van der Waals surface area (Å²) < 4.78 is 20.4. The number of benzene rings is 2. The van der Waals surface area contributed by atoms with Crippen LogP contribution in [0.4, 0.5) is 4.39 Å². The van der Waals surface area contributed by atoms with Crippen molar-refractivity contribution in [3.63, 3.8) is 0 Å². The van der Waals surface area contributed by atoms with Crippen LogP contribution in [0.15, 0.2) is 42.5 Å². The summed E-state index contributed by atoms with van der Waals surface area (Å²) in [6.45, 7) is 5.92. The Labute approximate surface area is 120 Å². The van der Waals surface area contributed by atoms with Crippen LogP contribution in [0.2, 0.25) is 0 Å². The zero-order chi connectivity index (χ0) is 14.5. The maximum absolute atomic E-state index is 14.5. The van der Waals surface area contributed by atoms with E-state index in [0.29, 0.717) is 16.9 Å². The fourth-order valence-corrected chi connectivity index (χ4v) is 2.32. The van der Waals surface area contributed by atoms with Crippen molar-refractivity contribution in [1.82, 2.24) is 0 Å². The normalized spacial score (nSPS) is 12.2. The molecule has 0 aromatic heterocycles. The van der Waals surface area contributed by atoms with Crippen LogP contribution in [-0.2, 0) is 0 Å². The Morgan fingerprint density at radius 3 is 2.45 bits per heavy atom. The first-order chi connectivity index (χ1) is 9.63. The molecule has 0 unspecified atom stereocenters. The number of rotatable bonds is 5. The molecule has 0 spiro atoms. The monoisotopic (exact) mass is 272 g/mol. The Morgan fingerprint density at radius 1 is 1.10 bits per heavy atom. The van der Waals surface area contributed by atoms with E-state index >= 15 is 0 Å². The second-order valence-corrected chi connectivity index (χ2v) is 5.15. The number of halogens is 1. The van der Waals surface area contributed by atoms with Gasteiger partial charge in [-0.3, -0.25) is 0 Å². The first kappa shape index (κ1) is 14.6. The van der Waals surface area contributed by atoms with Gasteiger partial charge in [-0.05, 0) is 37.5 Å². The first-order valence-electron chi connectivity index (χ1n) is 7.14. The summed E-state index contributed by atoms with van der Waals surface area (Å²) in [5, 5.41) is 0. The van der Waals surface area contributed by atoms with Crippen molar-refractivity contribution in [2.45, 2.75) is 39.7 Å². The van der Waals surface area contributed by atoms with Crippen molar-refractivity contribution >= 4 is 0 Å². The lowest BCUT2D eigenvalue weighted by atomic mass is 10.0. The van der Waals surface area contributed by atoms with Gasteiger partial charge < -0.3 is 4.74 Å². The molecular weight excluding hydrogens is 251 g/mol. The highest BCUT2D eigenvalue weighted by Gasteiger charge is 2.16. The maximum Gasteiger partial charge on any atom is 0.137 e. The number of hydrogen-bond donors (Lipinski definition) is 0. The molecular formula is C18H21FO. The highest BCUT2D eigenvalue weighted by molar-refractivity contribution is 5.72. The number of ether oxygens (including phenoxy) is 1. The summed E-state index contributed by atoms with van der Waals surface area (Å²) in [5.41, 5.74) is 2.06. The molecule has 0 saturated carbocycles. The average Bonchev–Trinajstić information content (AvgIpc) is 2.44. The molecule has 1 atom stereocenters. The topological polar surface area (TPSA) is 9.23 Å². The molecule has 0 aliphatic carbocycles. The molecule has 2 aromatic carbocycles. The van der Waals surface area contributed by atoms with Crippen molar-refractivity contribution in [3.8, 4) is 16.9 Å². The molecule has 0 aliphatic heterocycles. The van der Waals surface area contributed by atoms with Gasteiger partial charge in [0.25, 0.3) is 0 Å². The Kier molecular flexibility index (Phi) is 4.78. The van der Waals surface area contributed by atoms with Gasteiger partial charge >= 0.3 is 0 Å². The minimum Gasteiger partial charge on any atom is -0.490 e. The quantitative estimate of drug-likeness (QED) is 0.711. The Hall–Kier alpha value is -1.83. The zero-order valence-electron chi connectivity index (χ0n) is 12.3. The minimum absolute atomic E-state index is 0.0876. The van der Waals surface area contributed by atoms with Crippen LogP contribution in [-0.4, -0.2) is 6.10 Å². The van der Waals surface area contributed by atoms with Crippen LogP contribution in [0, 0.1) is 12.7 Å². The predicted octanol–water partition coefficient (Wildman–Crippen LogP) is 5.37. The maximum atomic E-state index is 14.5.